The van der Waals surface area contributed by atoms with E-state index in [1.165, 1.54) is 0 Å². The number of anilines is 1. The SMILES string of the molecule is CCCCC(C)Nc1ccc(Cl)c(C(=O)O)c1. The number of carbonyl (C=O) groups is 1. The third kappa shape index (κ3) is 4.27. The highest BCUT2D eigenvalue weighted by Crippen LogP contribution is 2.21. The molecule has 2 N–H and O–H groups in total. The molecule has 0 saturated heterocycles. The summed E-state index contributed by atoms with van der Waals surface area (Å²) < 4.78 is 0. The predicted molar refractivity (Wildman–Crippen MR) is 71.0 cm³/mol. The maximum absolute atomic E-state index is 10.9. The molecule has 0 aliphatic carbocycles. The monoisotopic (exact) mass is 255 g/mol. The number of benzene rings is 1. The molecule has 1 rings (SSSR count). The Labute approximate surface area is 107 Å². The van der Waals surface area contributed by atoms with Crippen molar-refractivity contribution in [2.24, 2.45) is 0 Å². The Hall–Kier alpha value is -1.22. The van der Waals surface area contributed by atoms with Crippen LogP contribution in [0.1, 0.15) is 43.5 Å². The van der Waals surface area contributed by atoms with Crippen molar-refractivity contribution in [2.45, 2.75) is 39.2 Å². The van der Waals surface area contributed by atoms with Gasteiger partial charge in [0.15, 0.2) is 0 Å². The summed E-state index contributed by atoms with van der Waals surface area (Å²) >= 11 is 5.80. The smallest absolute Gasteiger partial charge is 0.337 e. The number of rotatable bonds is 6. The van der Waals surface area contributed by atoms with Gasteiger partial charge in [-0.3, -0.25) is 0 Å². The van der Waals surface area contributed by atoms with Gasteiger partial charge in [0.1, 0.15) is 0 Å². The fourth-order valence-corrected chi connectivity index (χ4v) is 1.84. The molecule has 0 fully saturated rings. The van der Waals surface area contributed by atoms with E-state index in [0.29, 0.717) is 6.04 Å². The number of hydrogen-bond acceptors (Lipinski definition) is 2. The van der Waals surface area contributed by atoms with Gasteiger partial charge >= 0.3 is 5.97 Å². The van der Waals surface area contributed by atoms with Gasteiger partial charge in [-0.05, 0) is 31.5 Å². The van der Waals surface area contributed by atoms with Crippen LogP contribution < -0.4 is 5.32 Å². The molecule has 0 amide bonds. The molecule has 94 valence electrons. The van der Waals surface area contributed by atoms with Crippen LogP contribution in [0.4, 0.5) is 5.69 Å². The summed E-state index contributed by atoms with van der Waals surface area (Å²) in [6.45, 7) is 4.24. The summed E-state index contributed by atoms with van der Waals surface area (Å²) in [6.07, 6.45) is 3.39. The van der Waals surface area contributed by atoms with E-state index in [4.69, 9.17) is 16.7 Å². The third-order valence-electron chi connectivity index (χ3n) is 2.60. The zero-order chi connectivity index (χ0) is 12.8. The molecule has 1 unspecified atom stereocenters. The second-order valence-corrected chi connectivity index (χ2v) is 4.59. The maximum Gasteiger partial charge on any atom is 0.337 e. The summed E-state index contributed by atoms with van der Waals surface area (Å²) in [5.41, 5.74) is 0.940. The standard InChI is InChI=1S/C13H18ClNO2/c1-3-4-5-9(2)15-10-6-7-12(14)11(8-10)13(16)17/h6-9,15H,3-5H2,1-2H3,(H,16,17). The molecule has 4 heteroatoms. The van der Waals surface area contributed by atoms with Crippen LogP contribution in [0.3, 0.4) is 0 Å². The molecular weight excluding hydrogens is 238 g/mol. The summed E-state index contributed by atoms with van der Waals surface area (Å²) in [4.78, 5) is 10.9. The molecule has 0 bridgehead atoms. The van der Waals surface area contributed by atoms with Crippen LogP contribution >= 0.6 is 11.6 Å². The van der Waals surface area contributed by atoms with Crippen LogP contribution in [0.25, 0.3) is 0 Å². The first kappa shape index (κ1) is 13.8. The summed E-state index contributed by atoms with van der Waals surface area (Å²) in [5, 5.41) is 12.5. The van der Waals surface area contributed by atoms with Crippen molar-refractivity contribution in [3.63, 3.8) is 0 Å². The van der Waals surface area contributed by atoms with E-state index in [1.807, 2.05) is 0 Å². The number of nitrogens with one attached hydrogen (secondary N) is 1. The minimum absolute atomic E-state index is 0.138. The van der Waals surface area contributed by atoms with Crippen LogP contribution in [0.5, 0.6) is 0 Å². The zero-order valence-electron chi connectivity index (χ0n) is 10.2. The highest BCUT2D eigenvalue weighted by atomic mass is 35.5. The lowest BCUT2D eigenvalue weighted by atomic mass is 10.1. The van der Waals surface area contributed by atoms with E-state index in [1.54, 1.807) is 18.2 Å². The molecule has 0 aliphatic rings. The number of carboxylic acids is 1. The van der Waals surface area contributed by atoms with Gasteiger partial charge in [0.05, 0.1) is 10.6 Å². The molecule has 0 heterocycles. The lowest BCUT2D eigenvalue weighted by Gasteiger charge is -2.15. The quantitative estimate of drug-likeness (QED) is 0.807. The maximum atomic E-state index is 10.9. The average Bonchev–Trinajstić information content (AvgIpc) is 2.28. The Morgan fingerprint density at radius 3 is 2.82 bits per heavy atom. The zero-order valence-corrected chi connectivity index (χ0v) is 10.9. The molecule has 0 saturated carbocycles. The molecule has 1 aromatic rings. The van der Waals surface area contributed by atoms with Gasteiger partial charge < -0.3 is 10.4 Å². The highest BCUT2D eigenvalue weighted by molar-refractivity contribution is 6.33. The van der Waals surface area contributed by atoms with Gasteiger partial charge in [-0.15, -0.1) is 0 Å². The Balaban J connectivity index is 2.72. The van der Waals surface area contributed by atoms with Gasteiger partial charge in [0, 0.05) is 11.7 Å². The van der Waals surface area contributed by atoms with Crippen molar-refractivity contribution in [1.29, 1.82) is 0 Å². The Kier molecular flexibility index (Phi) is 5.29. The van der Waals surface area contributed by atoms with Crippen molar-refractivity contribution >= 4 is 23.3 Å². The van der Waals surface area contributed by atoms with Crippen molar-refractivity contribution in [1.82, 2.24) is 0 Å². The number of aromatic carboxylic acids is 1. The average molecular weight is 256 g/mol. The number of carboxylic acid groups (broad SMARTS) is 1. The molecule has 0 aromatic heterocycles. The van der Waals surface area contributed by atoms with E-state index < -0.39 is 5.97 Å². The lowest BCUT2D eigenvalue weighted by Crippen LogP contribution is -2.15. The van der Waals surface area contributed by atoms with Crippen LogP contribution in [-0.4, -0.2) is 17.1 Å². The largest absolute Gasteiger partial charge is 0.478 e. The van der Waals surface area contributed by atoms with Crippen molar-refractivity contribution in [2.75, 3.05) is 5.32 Å². The molecular formula is C13H18ClNO2. The lowest BCUT2D eigenvalue weighted by molar-refractivity contribution is 0.0697. The van der Waals surface area contributed by atoms with Crippen LogP contribution in [0.15, 0.2) is 18.2 Å². The van der Waals surface area contributed by atoms with Gasteiger partial charge in [-0.1, -0.05) is 31.4 Å². The van der Waals surface area contributed by atoms with Gasteiger partial charge in [0.25, 0.3) is 0 Å². The van der Waals surface area contributed by atoms with Gasteiger partial charge in [-0.25, -0.2) is 4.79 Å². The van der Waals surface area contributed by atoms with E-state index in [0.717, 1.165) is 24.9 Å². The topological polar surface area (TPSA) is 49.3 Å². The molecule has 1 aromatic carbocycles. The van der Waals surface area contributed by atoms with Crippen LogP contribution in [0, 0.1) is 0 Å². The fraction of sp³-hybridized carbons (Fsp3) is 0.462. The molecule has 3 nitrogen and oxygen atoms in total. The number of halogens is 1. The number of hydrogen-bond donors (Lipinski definition) is 2. The molecule has 0 radical (unpaired) electrons. The summed E-state index contributed by atoms with van der Waals surface area (Å²) in [7, 11) is 0. The molecule has 17 heavy (non-hydrogen) atoms. The minimum atomic E-state index is -1.00. The van der Waals surface area contributed by atoms with E-state index in [2.05, 4.69) is 19.2 Å². The Morgan fingerprint density at radius 2 is 2.24 bits per heavy atom. The third-order valence-corrected chi connectivity index (χ3v) is 2.93. The first-order valence-corrected chi connectivity index (χ1v) is 6.21. The number of unbranched alkanes of at least 4 members (excludes halogenated alkanes) is 1. The second-order valence-electron chi connectivity index (χ2n) is 4.19. The second kappa shape index (κ2) is 6.50. The van der Waals surface area contributed by atoms with E-state index >= 15 is 0 Å². The molecule has 1 atom stereocenters. The van der Waals surface area contributed by atoms with Gasteiger partial charge in [-0.2, -0.15) is 0 Å². The van der Waals surface area contributed by atoms with E-state index in [9.17, 15) is 4.79 Å². The van der Waals surface area contributed by atoms with E-state index in [-0.39, 0.29) is 10.6 Å². The van der Waals surface area contributed by atoms with Crippen molar-refractivity contribution < 1.29 is 9.90 Å². The molecule has 0 spiro atoms. The predicted octanol–water partition coefficient (Wildman–Crippen LogP) is 4.03. The van der Waals surface area contributed by atoms with Crippen LogP contribution in [0.2, 0.25) is 5.02 Å². The normalized spacial score (nSPS) is 12.2. The van der Waals surface area contributed by atoms with Crippen molar-refractivity contribution in [3.05, 3.63) is 28.8 Å². The minimum Gasteiger partial charge on any atom is -0.478 e. The molecule has 0 aliphatic heterocycles. The Bertz CT molecular complexity index is 393. The van der Waals surface area contributed by atoms with Crippen LogP contribution in [-0.2, 0) is 0 Å². The fourth-order valence-electron chi connectivity index (χ4n) is 1.65. The van der Waals surface area contributed by atoms with Gasteiger partial charge in [0.2, 0.25) is 0 Å². The summed E-state index contributed by atoms with van der Waals surface area (Å²) in [6, 6.07) is 5.32. The highest BCUT2D eigenvalue weighted by Gasteiger charge is 2.10. The summed E-state index contributed by atoms with van der Waals surface area (Å²) in [5.74, 6) is -1.00. The van der Waals surface area contributed by atoms with Crippen molar-refractivity contribution in [3.8, 4) is 0 Å². The first-order valence-electron chi connectivity index (χ1n) is 5.84. The first-order chi connectivity index (χ1) is 8.04. The Morgan fingerprint density at radius 1 is 1.53 bits per heavy atom.